The van der Waals surface area contributed by atoms with E-state index in [2.05, 4.69) is 13.8 Å². The number of benzene rings is 2. The van der Waals surface area contributed by atoms with Crippen molar-refractivity contribution in [2.75, 3.05) is 13.2 Å². The first-order valence-electron chi connectivity index (χ1n) is 13.0. The van der Waals surface area contributed by atoms with Crippen molar-refractivity contribution >= 4 is 11.5 Å². The number of nitro benzene ring substituents is 1. The summed E-state index contributed by atoms with van der Waals surface area (Å²) in [5.41, 5.74) is 0.395. The third kappa shape index (κ3) is 13.2. The lowest BCUT2D eigenvalue weighted by molar-refractivity contribution is -0.385. The lowest BCUT2D eigenvalue weighted by atomic mass is 10.0. The second-order valence-corrected chi connectivity index (χ2v) is 8.62. The maximum absolute atomic E-state index is 12.1. The summed E-state index contributed by atoms with van der Waals surface area (Å²) in [5, 5.41) is 10.8. The number of hydrogen-bond donors (Lipinski definition) is 0. The Morgan fingerprint density at radius 1 is 0.706 bits per heavy atom. The van der Waals surface area contributed by atoms with Gasteiger partial charge in [-0.3, -0.25) is 14.9 Å². The van der Waals surface area contributed by atoms with Crippen LogP contribution in [0.25, 0.3) is 0 Å². The number of unbranched alkanes of at least 4 members (excludes halogenated alkanes) is 10. The van der Waals surface area contributed by atoms with E-state index in [0.717, 1.165) is 13.2 Å². The molecular formula is C29H43NO4. The van der Waals surface area contributed by atoms with Crippen molar-refractivity contribution in [3.05, 3.63) is 75.8 Å². The molecule has 0 aliphatic heterocycles. The first kappa shape index (κ1) is 29.5. The maximum atomic E-state index is 12.1. The Labute approximate surface area is 206 Å². The van der Waals surface area contributed by atoms with E-state index in [0.29, 0.717) is 5.56 Å². The Morgan fingerprint density at radius 2 is 1.18 bits per heavy atom. The van der Waals surface area contributed by atoms with Gasteiger partial charge in [0.15, 0.2) is 5.78 Å². The molecule has 0 amide bonds. The summed E-state index contributed by atoms with van der Waals surface area (Å²) in [5.74, 6) is -0.335. The third-order valence-electron chi connectivity index (χ3n) is 5.67. The van der Waals surface area contributed by atoms with Crippen LogP contribution in [-0.2, 0) is 4.74 Å². The lowest BCUT2D eigenvalue weighted by Gasteiger charge is -2.04. The average Bonchev–Trinajstić information content (AvgIpc) is 2.87. The molecule has 0 aromatic heterocycles. The highest BCUT2D eigenvalue weighted by Gasteiger charge is 2.19. The number of ether oxygens (including phenoxy) is 1. The fraction of sp³-hybridized carbons (Fsp3) is 0.552. The van der Waals surface area contributed by atoms with Crippen LogP contribution < -0.4 is 0 Å². The number of nitro groups is 1. The topological polar surface area (TPSA) is 69.4 Å². The third-order valence-corrected chi connectivity index (χ3v) is 5.67. The molecule has 0 fully saturated rings. The molecule has 0 N–H and O–H groups in total. The summed E-state index contributed by atoms with van der Waals surface area (Å²) < 4.78 is 5.65. The summed E-state index contributed by atoms with van der Waals surface area (Å²) in [6.45, 7) is 6.51. The fourth-order valence-electron chi connectivity index (χ4n) is 3.64. The summed E-state index contributed by atoms with van der Waals surface area (Å²) in [6, 6.07) is 14.5. The van der Waals surface area contributed by atoms with Gasteiger partial charge in [0.2, 0.25) is 0 Å². The molecule has 0 bridgehead atoms. The number of para-hydroxylation sites is 1. The van der Waals surface area contributed by atoms with Gasteiger partial charge in [-0.15, -0.1) is 0 Å². The molecule has 0 saturated heterocycles. The largest absolute Gasteiger partial charge is 0.381 e. The van der Waals surface area contributed by atoms with Crippen molar-refractivity contribution in [3.63, 3.8) is 0 Å². The average molecular weight is 470 g/mol. The number of nitrogens with zero attached hydrogens (tertiary/aromatic N) is 1. The van der Waals surface area contributed by atoms with Crippen LogP contribution >= 0.6 is 0 Å². The second-order valence-electron chi connectivity index (χ2n) is 8.62. The van der Waals surface area contributed by atoms with Gasteiger partial charge in [0, 0.05) is 24.8 Å². The van der Waals surface area contributed by atoms with Crippen LogP contribution in [0.5, 0.6) is 0 Å². The van der Waals surface area contributed by atoms with E-state index in [1.165, 1.54) is 89.2 Å². The minimum absolute atomic E-state index is 0.115. The number of hydrogen-bond acceptors (Lipinski definition) is 4. The van der Waals surface area contributed by atoms with E-state index in [9.17, 15) is 14.9 Å². The smallest absolute Gasteiger partial charge is 0.280 e. The molecule has 0 spiro atoms. The molecule has 0 heterocycles. The van der Waals surface area contributed by atoms with E-state index in [4.69, 9.17) is 4.74 Å². The predicted molar refractivity (Wildman–Crippen MR) is 141 cm³/mol. The first-order valence-corrected chi connectivity index (χ1v) is 13.0. The van der Waals surface area contributed by atoms with E-state index < -0.39 is 4.92 Å². The summed E-state index contributed by atoms with van der Waals surface area (Å²) in [4.78, 5) is 22.3. The maximum Gasteiger partial charge on any atom is 0.280 e. The molecule has 0 radical (unpaired) electrons. The van der Waals surface area contributed by atoms with Gasteiger partial charge in [-0.2, -0.15) is 0 Å². The Bertz CT molecular complexity index is 778. The van der Waals surface area contributed by atoms with Crippen molar-refractivity contribution in [2.45, 2.75) is 90.9 Å². The van der Waals surface area contributed by atoms with E-state index in [1.54, 1.807) is 42.5 Å². The van der Waals surface area contributed by atoms with Crippen molar-refractivity contribution in [2.24, 2.45) is 0 Å². The monoisotopic (exact) mass is 469 g/mol. The van der Waals surface area contributed by atoms with Crippen molar-refractivity contribution in [1.29, 1.82) is 0 Å². The molecule has 188 valence electrons. The highest BCUT2D eigenvalue weighted by molar-refractivity contribution is 6.11. The molecule has 0 saturated carbocycles. The highest BCUT2D eigenvalue weighted by Crippen LogP contribution is 2.21. The highest BCUT2D eigenvalue weighted by atomic mass is 16.6. The first-order chi connectivity index (χ1) is 16.6. The summed E-state index contributed by atoms with van der Waals surface area (Å²) in [7, 11) is 0. The molecule has 2 rings (SSSR count). The fourth-order valence-corrected chi connectivity index (χ4v) is 3.64. The van der Waals surface area contributed by atoms with Gasteiger partial charge in [0.05, 0.1) is 4.92 Å². The van der Waals surface area contributed by atoms with E-state index in [-0.39, 0.29) is 17.0 Å². The van der Waals surface area contributed by atoms with Crippen molar-refractivity contribution in [3.8, 4) is 0 Å². The zero-order valence-electron chi connectivity index (χ0n) is 21.2. The van der Waals surface area contributed by atoms with Crippen LogP contribution in [0.2, 0.25) is 0 Å². The van der Waals surface area contributed by atoms with Crippen LogP contribution in [0.4, 0.5) is 5.69 Å². The van der Waals surface area contributed by atoms with Gasteiger partial charge < -0.3 is 4.74 Å². The van der Waals surface area contributed by atoms with Gasteiger partial charge in [0.1, 0.15) is 5.56 Å². The molecule has 2 aromatic carbocycles. The van der Waals surface area contributed by atoms with Crippen LogP contribution in [0.3, 0.4) is 0 Å². The number of rotatable bonds is 17. The van der Waals surface area contributed by atoms with E-state index in [1.807, 2.05) is 0 Å². The molecule has 0 atom stereocenters. The number of carbonyl (C=O) groups is 1. The molecule has 0 unspecified atom stereocenters. The van der Waals surface area contributed by atoms with Crippen LogP contribution in [-0.4, -0.2) is 23.9 Å². The summed E-state index contributed by atoms with van der Waals surface area (Å²) in [6.07, 6.45) is 16.3. The predicted octanol–water partition coefficient (Wildman–Crippen LogP) is 8.55. The number of carbonyl (C=O) groups excluding carboxylic acids is 1. The Kier molecular flexibility index (Phi) is 17.3. The Balaban J connectivity index is 0.000000340. The van der Waals surface area contributed by atoms with Gasteiger partial charge >= 0.3 is 0 Å². The molecular weight excluding hydrogens is 426 g/mol. The second kappa shape index (κ2) is 19.9. The zero-order valence-corrected chi connectivity index (χ0v) is 21.2. The molecule has 5 nitrogen and oxygen atoms in total. The number of ketones is 1. The molecule has 0 aliphatic carbocycles. The zero-order chi connectivity index (χ0) is 24.9. The minimum atomic E-state index is -0.545. The van der Waals surface area contributed by atoms with Gasteiger partial charge in [-0.25, -0.2) is 0 Å². The van der Waals surface area contributed by atoms with Gasteiger partial charge in [0.25, 0.3) is 5.69 Å². The molecule has 34 heavy (non-hydrogen) atoms. The quantitative estimate of drug-likeness (QED) is 0.101. The van der Waals surface area contributed by atoms with Crippen molar-refractivity contribution < 1.29 is 14.5 Å². The molecule has 0 aliphatic rings. The van der Waals surface area contributed by atoms with Crippen LogP contribution in [0.15, 0.2) is 54.6 Å². The SMILES string of the molecule is CCCCCCCCOCCCCCCCC.O=C(c1ccccc1)c1ccccc1[N+](=O)[O-]. The Morgan fingerprint density at radius 3 is 1.71 bits per heavy atom. The molecule has 5 heteroatoms. The van der Waals surface area contributed by atoms with Gasteiger partial charge in [-0.05, 0) is 18.9 Å². The standard InChI is InChI=1S/C16H34O.C13H9NO3/c1-3-5-7-9-11-13-15-17-16-14-12-10-8-6-4-2;15-13(10-6-2-1-3-7-10)11-8-4-5-9-12(11)14(16)17/h3-16H2,1-2H3;1-9H. The van der Waals surface area contributed by atoms with Crippen LogP contribution in [0, 0.1) is 10.1 Å². The van der Waals surface area contributed by atoms with Crippen LogP contribution in [0.1, 0.15) is 107 Å². The normalized spacial score (nSPS) is 10.4. The van der Waals surface area contributed by atoms with E-state index >= 15 is 0 Å². The summed E-state index contributed by atoms with van der Waals surface area (Å²) >= 11 is 0. The van der Waals surface area contributed by atoms with Gasteiger partial charge in [-0.1, -0.05) is 121 Å². The van der Waals surface area contributed by atoms with Crippen molar-refractivity contribution in [1.82, 2.24) is 0 Å². The molecule has 2 aromatic rings. The lowest BCUT2D eigenvalue weighted by Crippen LogP contribution is -2.04. The minimum Gasteiger partial charge on any atom is -0.381 e. The Hall–Kier alpha value is -2.53.